The van der Waals surface area contributed by atoms with Crippen LogP contribution in [-0.4, -0.2) is 25.0 Å². The summed E-state index contributed by atoms with van der Waals surface area (Å²) >= 11 is 0.308. The lowest BCUT2D eigenvalue weighted by Gasteiger charge is -2.08. The number of rotatable bonds is 4. The molecule has 4 nitrogen and oxygen atoms in total. The molecule has 0 saturated heterocycles. The molecule has 0 aliphatic heterocycles. The van der Waals surface area contributed by atoms with Gasteiger partial charge in [-0.2, -0.15) is 13.2 Å². The largest absolute Gasteiger partial charge is 0.493 e. The van der Waals surface area contributed by atoms with Gasteiger partial charge in [0.2, 0.25) is 5.78 Å². The number of carbonyl (C=O) groups is 1. The zero-order valence-corrected chi connectivity index (χ0v) is 11.8. The van der Waals surface area contributed by atoms with Gasteiger partial charge in [0.05, 0.1) is 19.1 Å². The van der Waals surface area contributed by atoms with Gasteiger partial charge in [-0.05, 0) is 18.2 Å². The molecule has 0 N–H and O–H groups in total. The number of ketones is 1. The number of halogens is 3. The molecule has 0 aliphatic rings. The molecule has 0 saturated carbocycles. The van der Waals surface area contributed by atoms with Crippen molar-refractivity contribution in [3.63, 3.8) is 0 Å². The van der Waals surface area contributed by atoms with Crippen LogP contribution in [0.2, 0.25) is 0 Å². The van der Waals surface area contributed by atoms with Crippen LogP contribution in [0.5, 0.6) is 11.5 Å². The van der Waals surface area contributed by atoms with Gasteiger partial charge >= 0.3 is 6.18 Å². The van der Waals surface area contributed by atoms with Gasteiger partial charge < -0.3 is 9.47 Å². The second-order valence-corrected chi connectivity index (χ2v) is 4.96. The Balaban J connectivity index is 2.34. The zero-order valence-electron chi connectivity index (χ0n) is 11.0. The topological polar surface area (TPSA) is 48.4 Å². The van der Waals surface area contributed by atoms with Crippen molar-refractivity contribution in [1.82, 2.24) is 4.98 Å². The SMILES string of the molecule is COc1ccc(C(=O)c2cnc(C(F)(F)F)s2)cc1OC. The first-order valence-electron chi connectivity index (χ1n) is 5.66. The van der Waals surface area contributed by atoms with E-state index in [4.69, 9.17) is 9.47 Å². The average Bonchev–Trinajstić information content (AvgIpc) is 2.95. The summed E-state index contributed by atoms with van der Waals surface area (Å²) in [4.78, 5) is 15.3. The first-order valence-corrected chi connectivity index (χ1v) is 6.48. The lowest BCUT2D eigenvalue weighted by molar-refractivity contribution is -0.137. The molecule has 1 heterocycles. The maximum Gasteiger partial charge on any atom is 0.443 e. The van der Waals surface area contributed by atoms with Crippen LogP contribution in [0.15, 0.2) is 24.4 Å². The molecular formula is C13H10F3NO3S. The maximum atomic E-state index is 12.5. The van der Waals surface area contributed by atoms with Crippen LogP contribution in [0.3, 0.4) is 0 Å². The number of methoxy groups -OCH3 is 2. The summed E-state index contributed by atoms with van der Waals surface area (Å²) in [6, 6.07) is 4.38. The quantitative estimate of drug-likeness (QED) is 0.811. The molecule has 0 unspecified atom stereocenters. The highest BCUT2D eigenvalue weighted by molar-refractivity contribution is 7.13. The van der Waals surface area contributed by atoms with Crippen molar-refractivity contribution in [3.05, 3.63) is 39.8 Å². The minimum atomic E-state index is -4.55. The predicted molar refractivity (Wildman–Crippen MR) is 70.1 cm³/mol. The van der Waals surface area contributed by atoms with E-state index in [0.717, 1.165) is 6.20 Å². The van der Waals surface area contributed by atoms with Crippen LogP contribution in [-0.2, 0) is 6.18 Å². The molecule has 0 aliphatic carbocycles. The minimum absolute atomic E-state index is 0.0884. The predicted octanol–water partition coefficient (Wildman–Crippen LogP) is 3.41. The van der Waals surface area contributed by atoms with Crippen molar-refractivity contribution in [2.75, 3.05) is 14.2 Å². The van der Waals surface area contributed by atoms with E-state index >= 15 is 0 Å². The van der Waals surface area contributed by atoms with Gasteiger partial charge in [0.15, 0.2) is 16.5 Å². The lowest BCUT2D eigenvalue weighted by Crippen LogP contribution is -2.03. The molecular weight excluding hydrogens is 307 g/mol. The number of alkyl halides is 3. The van der Waals surface area contributed by atoms with Crippen molar-refractivity contribution >= 4 is 17.1 Å². The monoisotopic (exact) mass is 317 g/mol. The first kappa shape index (κ1) is 15.3. The van der Waals surface area contributed by atoms with Gasteiger partial charge in [0, 0.05) is 11.8 Å². The number of hydrogen-bond donors (Lipinski definition) is 0. The molecule has 0 spiro atoms. The Morgan fingerprint density at radius 2 is 1.86 bits per heavy atom. The number of benzene rings is 1. The van der Waals surface area contributed by atoms with E-state index in [1.54, 1.807) is 0 Å². The highest BCUT2D eigenvalue weighted by Crippen LogP contribution is 2.34. The summed E-state index contributed by atoms with van der Waals surface area (Å²) in [6.45, 7) is 0. The number of carbonyl (C=O) groups excluding carboxylic acids is 1. The number of hydrogen-bond acceptors (Lipinski definition) is 5. The molecule has 21 heavy (non-hydrogen) atoms. The second-order valence-electron chi connectivity index (χ2n) is 3.93. The third kappa shape index (κ3) is 3.15. The Hall–Kier alpha value is -2.09. The Kier molecular flexibility index (Phi) is 4.17. The van der Waals surface area contributed by atoms with Crippen LogP contribution in [0.4, 0.5) is 13.2 Å². The molecule has 112 valence electrons. The van der Waals surface area contributed by atoms with E-state index in [-0.39, 0.29) is 10.4 Å². The van der Waals surface area contributed by atoms with E-state index in [1.165, 1.54) is 32.4 Å². The molecule has 1 aromatic heterocycles. The van der Waals surface area contributed by atoms with Gasteiger partial charge in [0.25, 0.3) is 0 Å². The van der Waals surface area contributed by atoms with E-state index in [1.807, 2.05) is 0 Å². The molecule has 2 rings (SSSR count). The van der Waals surface area contributed by atoms with E-state index in [2.05, 4.69) is 4.98 Å². The molecule has 0 fully saturated rings. The van der Waals surface area contributed by atoms with Gasteiger partial charge in [-0.25, -0.2) is 4.98 Å². The summed E-state index contributed by atoms with van der Waals surface area (Å²) in [5.41, 5.74) is 0.199. The average molecular weight is 317 g/mol. The summed E-state index contributed by atoms with van der Waals surface area (Å²) in [7, 11) is 2.85. The number of aromatic nitrogens is 1. The highest BCUT2D eigenvalue weighted by Gasteiger charge is 2.35. The Labute approximate surface area is 122 Å². The van der Waals surface area contributed by atoms with Crippen molar-refractivity contribution in [2.45, 2.75) is 6.18 Å². The van der Waals surface area contributed by atoms with E-state index < -0.39 is 17.0 Å². The number of ether oxygens (including phenoxy) is 2. The van der Waals surface area contributed by atoms with Crippen LogP contribution >= 0.6 is 11.3 Å². The third-order valence-electron chi connectivity index (χ3n) is 2.62. The smallest absolute Gasteiger partial charge is 0.443 e. The molecule has 0 atom stereocenters. The first-order chi connectivity index (χ1) is 9.86. The van der Waals surface area contributed by atoms with Crippen molar-refractivity contribution in [1.29, 1.82) is 0 Å². The fraction of sp³-hybridized carbons (Fsp3) is 0.231. The van der Waals surface area contributed by atoms with Crippen LogP contribution < -0.4 is 9.47 Å². The lowest BCUT2D eigenvalue weighted by atomic mass is 10.1. The third-order valence-corrected chi connectivity index (χ3v) is 3.66. The van der Waals surface area contributed by atoms with E-state index in [9.17, 15) is 18.0 Å². The van der Waals surface area contributed by atoms with Gasteiger partial charge in [0.1, 0.15) is 0 Å². The summed E-state index contributed by atoms with van der Waals surface area (Å²) in [5.74, 6) is 0.196. The fourth-order valence-corrected chi connectivity index (χ4v) is 2.38. The van der Waals surface area contributed by atoms with Gasteiger partial charge in [-0.1, -0.05) is 0 Å². The van der Waals surface area contributed by atoms with Crippen LogP contribution in [0, 0.1) is 0 Å². The van der Waals surface area contributed by atoms with Crippen molar-refractivity contribution < 1.29 is 27.4 Å². The Morgan fingerprint density at radius 1 is 1.19 bits per heavy atom. The van der Waals surface area contributed by atoms with Crippen molar-refractivity contribution in [2.24, 2.45) is 0 Å². The van der Waals surface area contributed by atoms with Gasteiger partial charge in [-0.15, -0.1) is 11.3 Å². The van der Waals surface area contributed by atoms with Gasteiger partial charge in [-0.3, -0.25) is 4.79 Å². The van der Waals surface area contributed by atoms with E-state index in [0.29, 0.717) is 22.8 Å². The van der Waals surface area contributed by atoms with Crippen molar-refractivity contribution in [3.8, 4) is 11.5 Å². The normalized spacial score (nSPS) is 11.3. The second kappa shape index (κ2) is 5.72. The summed E-state index contributed by atoms with van der Waals surface area (Å²) in [6.07, 6.45) is -3.63. The summed E-state index contributed by atoms with van der Waals surface area (Å²) < 4.78 is 47.5. The molecule has 1 aromatic carbocycles. The molecule has 8 heteroatoms. The van der Waals surface area contributed by atoms with Crippen LogP contribution in [0.1, 0.15) is 20.2 Å². The van der Waals surface area contributed by atoms with Crippen LogP contribution in [0.25, 0.3) is 0 Å². The fourth-order valence-electron chi connectivity index (χ4n) is 1.63. The highest BCUT2D eigenvalue weighted by atomic mass is 32.1. The Morgan fingerprint density at radius 3 is 2.38 bits per heavy atom. The standard InChI is InChI=1S/C13H10F3NO3S/c1-19-8-4-3-7(5-9(8)20-2)11(18)10-6-17-12(21-10)13(14,15)16/h3-6H,1-2H3. The summed E-state index contributed by atoms with van der Waals surface area (Å²) in [5, 5.41) is -1.05. The zero-order chi connectivity index (χ0) is 15.6. The Bertz CT molecular complexity index is 667. The molecule has 0 bridgehead atoms. The molecule has 0 amide bonds. The minimum Gasteiger partial charge on any atom is -0.493 e. The number of nitrogens with zero attached hydrogens (tertiary/aromatic N) is 1. The maximum absolute atomic E-state index is 12.5. The molecule has 0 radical (unpaired) electrons. The molecule has 2 aromatic rings. The number of thiazole rings is 1.